The first kappa shape index (κ1) is 23.3. The molecule has 164 valence electrons. The topological polar surface area (TPSA) is 64.5 Å². The van der Waals surface area contributed by atoms with E-state index in [4.69, 9.17) is 26.2 Å². The number of hydrogen-bond acceptors (Lipinski definition) is 5. The lowest BCUT2D eigenvalue weighted by Crippen LogP contribution is -1.90. The van der Waals surface area contributed by atoms with Crippen molar-refractivity contribution in [1.29, 1.82) is 0 Å². The van der Waals surface area contributed by atoms with Gasteiger partial charge in [-0.1, -0.05) is 36.4 Å². The van der Waals surface area contributed by atoms with Crippen molar-refractivity contribution in [1.82, 2.24) is 9.97 Å². The molecule has 0 atom stereocenters. The van der Waals surface area contributed by atoms with E-state index in [1.165, 1.54) is 0 Å². The average molecular weight is 449 g/mol. The molecule has 32 heavy (non-hydrogen) atoms. The van der Waals surface area contributed by atoms with Crippen LogP contribution >= 0.6 is 11.6 Å². The van der Waals surface area contributed by atoms with Gasteiger partial charge in [-0.25, -0.2) is 9.97 Å². The van der Waals surface area contributed by atoms with Crippen LogP contribution in [0.5, 0.6) is 23.3 Å². The van der Waals surface area contributed by atoms with Gasteiger partial charge < -0.3 is 14.6 Å². The van der Waals surface area contributed by atoms with Crippen molar-refractivity contribution >= 4 is 11.6 Å². The van der Waals surface area contributed by atoms with Crippen LogP contribution in [0.25, 0.3) is 0 Å². The van der Waals surface area contributed by atoms with Crippen LogP contribution in [0.4, 0.5) is 0 Å². The zero-order valence-corrected chi connectivity index (χ0v) is 18.8. The number of aromatic nitrogens is 2. The highest BCUT2D eigenvalue weighted by Crippen LogP contribution is 2.22. The van der Waals surface area contributed by atoms with E-state index in [2.05, 4.69) is 9.97 Å². The van der Waals surface area contributed by atoms with Crippen molar-refractivity contribution in [2.75, 3.05) is 0 Å². The summed E-state index contributed by atoms with van der Waals surface area (Å²) in [5.41, 5.74) is 3.71. The summed E-state index contributed by atoms with van der Waals surface area (Å²) < 4.78 is 11.2. The third-order valence-corrected chi connectivity index (χ3v) is 4.61. The standard InChI is InChI=1S/C13H12ClNO.C13H13NO2/c1-10-4-2-7-13(15-10)16-12-6-3-5-11(8-12)9-14;1-10-4-2-7-13(14-10)16-12-6-3-5-11(8-12)9-15/h2-8H,9H2,1H3;2-8,15H,9H2,1H3. The fraction of sp³-hybridized carbons (Fsp3) is 0.154. The molecule has 0 aliphatic heterocycles. The Morgan fingerprint density at radius 3 is 1.62 bits per heavy atom. The van der Waals surface area contributed by atoms with E-state index < -0.39 is 0 Å². The number of hydrogen-bond donors (Lipinski definition) is 1. The number of aryl methyl sites for hydroxylation is 2. The molecule has 0 radical (unpaired) electrons. The Hall–Kier alpha value is -3.41. The number of ether oxygens (including phenoxy) is 2. The Bertz CT molecular complexity index is 1060. The van der Waals surface area contributed by atoms with Crippen LogP contribution < -0.4 is 9.47 Å². The summed E-state index contributed by atoms with van der Waals surface area (Å²) in [6, 6.07) is 26.3. The number of alkyl halides is 1. The van der Waals surface area contributed by atoms with Crippen molar-refractivity contribution in [3.05, 3.63) is 107 Å². The minimum absolute atomic E-state index is 0.0123. The monoisotopic (exact) mass is 448 g/mol. The average Bonchev–Trinajstić information content (AvgIpc) is 2.80. The molecule has 0 aliphatic carbocycles. The van der Waals surface area contributed by atoms with Crippen LogP contribution in [0.1, 0.15) is 22.5 Å². The molecule has 0 saturated heterocycles. The Morgan fingerprint density at radius 1 is 0.688 bits per heavy atom. The van der Waals surface area contributed by atoms with Gasteiger partial charge in [0.1, 0.15) is 11.5 Å². The van der Waals surface area contributed by atoms with E-state index in [0.717, 1.165) is 28.3 Å². The van der Waals surface area contributed by atoms with E-state index in [9.17, 15) is 0 Å². The van der Waals surface area contributed by atoms with Crippen LogP contribution in [0.3, 0.4) is 0 Å². The molecule has 2 heterocycles. The maximum absolute atomic E-state index is 9.00. The van der Waals surface area contributed by atoms with E-state index in [1.807, 2.05) is 86.6 Å². The quantitative estimate of drug-likeness (QED) is 0.337. The second-order valence-electron chi connectivity index (χ2n) is 7.03. The van der Waals surface area contributed by atoms with Crippen LogP contribution in [0.2, 0.25) is 0 Å². The summed E-state index contributed by atoms with van der Waals surface area (Å²) >= 11 is 5.76. The van der Waals surface area contributed by atoms with Gasteiger partial charge in [-0.05, 0) is 61.4 Å². The molecular weight excluding hydrogens is 424 g/mol. The molecule has 2 aromatic carbocycles. The molecule has 0 amide bonds. The lowest BCUT2D eigenvalue weighted by Gasteiger charge is -2.06. The summed E-state index contributed by atoms with van der Waals surface area (Å²) in [7, 11) is 0. The highest BCUT2D eigenvalue weighted by Gasteiger charge is 2.01. The summed E-state index contributed by atoms with van der Waals surface area (Å²) in [6.07, 6.45) is 0. The van der Waals surface area contributed by atoms with Gasteiger partial charge in [0.2, 0.25) is 11.8 Å². The van der Waals surface area contributed by atoms with Gasteiger partial charge in [0.05, 0.1) is 6.61 Å². The number of rotatable bonds is 6. The van der Waals surface area contributed by atoms with Gasteiger partial charge in [0, 0.05) is 29.4 Å². The van der Waals surface area contributed by atoms with Gasteiger partial charge >= 0.3 is 0 Å². The van der Waals surface area contributed by atoms with E-state index in [0.29, 0.717) is 23.4 Å². The third-order valence-electron chi connectivity index (χ3n) is 4.30. The van der Waals surface area contributed by atoms with Gasteiger partial charge in [-0.2, -0.15) is 0 Å². The van der Waals surface area contributed by atoms with Crippen molar-refractivity contribution in [3.8, 4) is 23.3 Å². The largest absolute Gasteiger partial charge is 0.439 e. The molecular formula is C26H25ClN2O3. The number of pyridine rings is 2. The predicted octanol–water partition coefficient (Wildman–Crippen LogP) is 6.60. The van der Waals surface area contributed by atoms with Gasteiger partial charge in [-0.3, -0.25) is 0 Å². The molecule has 6 heteroatoms. The summed E-state index contributed by atoms with van der Waals surface area (Å²) in [6.45, 7) is 3.86. The van der Waals surface area contributed by atoms with Crippen molar-refractivity contribution < 1.29 is 14.6 Å². The SMILES string of the molecule is Cc1cccc(Oc2cccc(CCl)c2)n1.Cc1cccc(Oc2cccc(CO)c2)n1. The molecule has 4 rings (SSSR count). The number of aliphatic hydroxyl groups is 1. The molecule has 4 aromatic rings. The van der Waals surface area contributed by atoms with Gasteiger partial charge in [0.25, 0.3) is 0 Å². The van der Waals surface area contributed by atoms with Crippen molar-refractivity contribution in [2.45, 2.75) is 26.3 Å². The number of benzene rings is 2. The highest BCUT2D eigenvalue weighted by atomic mass is 35.5. The number of aliphatic hydroxyl groups excluding tert-OH is 1. The molecule has 1 N–H and O–H groups in total. The zero-order valence-electron chi connectivity index (χ0n) is 18.0. The fourth-order valence-electron chi connectivity index (χ4n) is 2.79. The summed E-state index contributed by atoms with van der Waals surface area (Å²) in [4.78, 5) is 8.51. The van der Waals surface area contributed by atoms with Crippen molar-refractivity contribution in [2.24, 2.45) is 0 Å². The third kappa shape index (κ3) is 7.38. The smallest absolute Gasteiger partial charge is 0.219 e. The van der Waals surface area contributed by atoms with Crippen LogP contribution in [0.15, 0.2) is 84.9 Å². The Balaban J connectivity index is 0.000000181. The zero-order chi connectivity index (χ0) is 22.8. The minimum Gasteiger partial charge on any atom is -0.439 e. The summed E-state index contributed by atoms with van der Waals surface area (Å²) in [5, 5.41) is 9.00. The molecule has 0 aliphatic rings. The Labute approximate surface area is 193 Å². The maximum Gasteiger partial charge on any atom is 0.219 e. The maximum atomic E-state index is 9.00. The first-order valence-corrected chi connectivity index (χ1v) is 10.7. The fourth-order valence-corrected chi connectivity index (χ4v) is 2.96. The van der Waals surface area contributed by atoms with Gasteiger partial charge in [0.15, 0.2) is 0 Å². The first-order chi connectivity index (χ1) is 15.6. The lowest BCUT2D eigenvalue weighted by atomic mass is 10.2. The molecule has 0 unspecified atom stereocenters. The normalized spacial score (nSPS) is 10.1. The molecule has 0 fully saturated rings. The molecule has 5 nitrogen and oxygen atoms in total. The lowest BCUT2D eigenvalue weighted by molar-refractivity contribution is 0.281. The van der Waals surface area contributed by atoms with Crippen LogP contribution in [0, 0.1) is 13.8 Å². The van der Waals surface area contributed by atoms with Crippen molar-refractivity contribution in [3.63, 3.8) is 0 Å². The Morgan fingerprint density at radius 2 is 1.16 bits per heavy atom. The second kappa shape index (κ2) is 11.8. The Kier molecular flexibility index (Phi) is 8.61. The second-order valence-corrected chi connectivity index (χ2v) is 7.29. The first-order valence-electron chi connectivity index (χ1n) is 10.1. The molecule has 0 bridgehead atoms. The van der Waals surface area contributed by atoms with Crippen LogP contribution in [-0.2, 0) is 12.5 Å². The van der Waals surface area contributed by atoms with Crippen LogP contribution in [-0.4, -0.2) is 15.1 Å². The summed E-state index contributed by atoms with van der Waals surface area (Å²) in [5.74, 6) is 3.10. The van der Waals surface area contributed by atoms with E-state index >= 15 is 0 Å². The molecule has 2 aromatic heterocycles. The van der Waals surface area contributed by atoms with E-state index in [1.54, 1.807) is 12.1 Å². The molecule has 0 spiro atoms. The highest BCUT2D eigenvalue weighted by molar-refractivity contribution is 6.17. The molecule has 0 saturated carbocycles. The minimum atomic E-state index is 0.0123. The predicted molar refractivity (Wildman–Crippen MR) is 126 cm³/mol. The van der Waals surface area contributed by atoms with Gasteiger partial charge in [-0.15, -0.1) is 11.6 Å². The number of nitrogens with zero attached hydrogens (tertiary/aromatic N) is 2. The number of halogens is 1. The van der Waals surface area contributed by atoms with E-state index in [-0.39, 0.29) is 6.61 Å².